The fourth-order valence-electron chi connectivity index (χ4n) is 4.41. The third-order valence-electron chi connectivity index (χ3n) is 7.02. The quantitative estimate of drug-likeness (QED) is 0.185. The van der Waals surface area contributed by atoms with Crippen molar-refractivity contribution in [1.82, 2.24) is 16.0 Å². The van der Waals surface area contributed by atoms with E-state index in [1.54, 1.807) is 7.11 Å². The third kappa shape index (κ3) is 9.43. The van der Waals surface area contributed by atoms with Crippen LogP contribution in [0.2, 0.25) is 0 Å². The van der Waals surface area contributed by atoms with Crippen LogP contribution in [-0.2, 0) is 19.1 Å². The maximum absolute atomic E-state index is 13.2. The maximum atomic E-state index is 13.2. The Morgan fingerprint density at radius 2 is 1.68 bits per heavy atom. The van der Waals surface area contributed by atoms with Crippen LogP contribution in [0.15, 0.2) is 59.3 Å². The third-order valence-corrected chi connectivity index (χ3v) is 7.02. The minimum absolute atomic E-state index is 0.0724. The molecule has 3 N–H and O–H groups in total. The van der Waals surface area contributed by atoms with Gasteiger partial charge in [0.2, 0.25) is 5.91 Å². The Morgan fingerprint density at radius 1 is 1.03 bits per heavy atom. The molecule has 1 rings (SSSR count). The van der Waals surface area contributed by atoms with E-state index in [0.29, 0.717) is 42.0 Å². The highest BCUT2D eigenvalue weighted by atomic mass is 16.5. The number of allylic oxidation sites excluding steroid dienone is 1. The Bertz CT molecular complexity index is 974. The first-order valence-corrected chi connectivity index (χ1v) is 13.8. The van der Waals surface area contributed by atoms with Crippen molar-refractivity contribution in [1.29, 1.82) is 0 Å². The molecule has 0 saturated heterocycles. The van der Waals surface area contributed by atoms with E-state index in [2.05, 4.69) is 49.9 Å². The first-order valence-electron chi connectivity index (χ1n) is 13.8. The van der Waals surface area contributed by atoms with Gasteiger partial charge in [-0.25, -0.2) is 0 Å². The summed E-state index contributed by atoms with van der Waals surface area (Å²) < 4.78 is 5.55. The molecule has 38 heavy (non-hydrogen) atoms. The van der Waals surface area contributed by atoms with E-state index in [1.807, 2.05) is 39.8 Å². The number of nitrogens with one attached hydrogen (secondary N) is 3. The summed E-state index contributed by atoms with van der Waals surface area (Å²) in [7, 11) is 1.65. The molecular formula is C31H49N3O4. The van der Waals surface area contributed by atoms with Crippen molar-refractivity contribution < 1.29 is 19.1 Å². The van der Waals surface area contributed by atoms with Crippen molar-refractivity contribution >= 4 is 17.7 Å². The number of carbonyl (C=O) groups is 3. The minimum atomic E-state index is -0.265. The van der Waals surface area contributed by atoms with Crippen LogP contribution in [0.4, 0.5) is 0 Å². The van der Waals surface area contributed by atoms with Crippen LogP contribution in [0.1, 0.15) is 74.1 Å². The summed E-state index contributed by atoms with van der Waals surface area (Å²) in [6.45, 7) is 21.8. The number of carbonyl (C=O) groups excluding carboxylic acids is 3. The lowest BCUT2D eigenvalue weighted by Crippen LogP contribution is -2.41. The molecule has 0 heterocycles. The number of methoxy groups -OCH3 is 1. The first-order chi connectivity index (χ1) is 17.9. The van der Waals surface area contributed by atoms with Gasteiger partial charge in [0, 0.05) is 48.4 Å². The molecule has 7 heteroatoms. The summed E-state index contributed by atoms with van der Waals surface area (Å²) in [4.78, 5) is 38.1. The van der Waals surface area contributed by atoms with Crippen molar-refractivity contribution in [3.63, 3.8) is 0 Å². The molecule has 1 aliphatic rings. The lowest BCUT2D eigenvalue weighted by atomic mass is 9.77. The molecule has 0 radical (unpaired) electrons. The predicted octanol–water partition coefficient (Wildman–Crippen LogP) is 4.92. The van der Waals surface area contributed by atoms with E-state index in [0.717, 1.165) is 24.0 Å². The summed E-state index contributed by atoms with van der Waals surface area (Å²) in [5, 5.41) is 9.01. The zero-order valence-electron chi connectivity index (χ0n) is 24.7. The Balaban J connectivity index is 3.01. The molecule has 0 aromatic carbocycles. The highest BCUT2D eigenvalue weighted by molar-refractivity contribution is 6.01. The zero-order chi connectivity index (χ0) is 29.0. The second kappa shape index (κ2) is 16.1. The summed E-state index contributed by atoms with van der Waals surface area (Å²) >= 11 is 0. The number of rotatable bonds is 17. The van der Waals surface area contributed by atoms with Gasteiger partial charge >= 0.3 is 0 Å². The first kappa shape index (κ1) is 33.1. The molecule has 3 amide bonds. The van der Waals surface area contributed by atoms with Crippen LogP contribution in [0, 0.1) is 11.8 Å². The van der Waals surface area contributed by atoms with E-state index in [4.69, 9.17) is 4.74 Å². The average molecular weight is 528 g/mol. The maximum Gasteiger partial charge on any atom is 0.251 e. The summed E-state index contributed by atoms with van der Waals surface area (Å²) in [5.41, 5.74) is 3.54. The smallest absolute Gasteiger partial charge is 0.251 e. The normalized spacial score (nSPS) is 16.6. The van der Waals surface area contributed by atoms with E-state index in [-0.39, 0.29) is 41.8 Å². The van der Waals surface area contributed by atoms with Gasteiger partial charge in [-0.15, -0.1) is 0 Å². The second-order valence-electron chi connectivity index (χ2n) is 10.4. The van der Waals surface area contributed by atoms with E-state index < -0.39 is 0 Å². The van der Waals surface area contributed by atoms with Gasteiger partial charge in [0.15, 0.2) is 0 Å². The Morgan fingerprint density at radius 3 is 2.21 bits per heavy atom. The van der Waals surface area contributed by atoms with Gasteiger partial charge in [0.1, 0.15) is 0 Å². The van der Waals surface area contributed by atoms with Crippen LogP contribution in [0.25, 0.3) is 0 Å². The topological polar surface area (TPSA) is 96.5 Å². The molecule has 0 bridgehead atoms. The van der Waals surface area contributed by atoms with Crippen LogP contribution in [0.5, 0.6) is 0 Å². The molecule has 7 nitrogen and oxygen atoms in total. The Hall–Kier alpha value is -2.93. The van der Waals surface area contributed by atoms with E-state index in [9.17, 15) is 14.4 Å². The number of amides is 3. The summed E-state index contributed by atoms with van der Waals surface area (Å²) in [6, 6.07) is -0.0210. The van der Waals surface area contributed by atoms with Gasteiger partial charge in [-0.05, 0) is 56.3 Å². The van der Waals surface area contributed by atoms with Gasteiger partial charge in [-0.3, -0.25) is 14.4 Å². The SMILES string of the molecule is C=CC(=C)C(=O)NCCC(C)NC(=O)/C(=C/C(C)C1=C(C(=O)NC(CCC)C(C)C)C=C1[C@@H](C)OC)CC. The second-order valence-corrected chi connectivity index (χ2v) is 10.4. The van der Waals surface area contributed by atoms with Crippen LogP contribution in [0.3, 0.4) is 0 Å². The highest BCUT2D eigenvalue weighted by Gasteiger charge is 2.32. The van der Waals surface area contributed by atoms with Crippen molar-refractivity contribution in [2.75, 3.05) is 13.7 Å². The van der Waals surface area contributed by atoms with Crippen molar-refractivity contribution in [3.8, 4) is 0 Å². The van der Waals surface area contributed by atoms with Crippen LogP contribution < -0.4 is 16.0 Å². The molecule has 4 atom stereocenters. The molecule has 0 fully saturated rings. The predicted molar refractivity (Wildman–Crippen MR) is 155 cm³/mol. The molecule has 0 spiro atoms. The molecule has 0 saturated carbocycles. The van der Waals surface area contributed by atoms with E-state index >= 15 is 0 Å². The molecule has 212 valence electrons. The van der Waals surface area contributed by atoms with Crippen LogP contribution >= 0.6 is 0 Å². The fraction of sp³-hybridized carbons (Fsp3) is 0.581. The molecule has 0 aliphatic heterocycles. The molecular weight excluding hydrogens is 478 g/mol. The highest BCUT2D eigenvalue weighted by Crippen LogP contribution is 2.38. The molecule has 3 unspecified atom stereocenters. The molecule has 0 aromatic heterocycles. The van der Waals surface area contributed by atoms with Gasteiger partial charge in [0.25, 0.3) is 11.8 Å². The Kier molecular flexibility index (Phi) is 14.0. The monoisotopic (exact) mass is 527 g/mol. The standard InChI is InChI=1S/C31H49N3O4/c1-11-14-27(19(4)5)34-31(37)26-18-25(23(9)38-10)28(26)21(7)17-24(13-3)30(36)33-22(8)15-16-32-29(35)20(6)12-2/h12,17-19,21-23,27H,2,6,11,13-16H2,1,3-5,7-10H3,(H,32,35)(H,33,36)(H,34,37)/b24-17+/t21?,22?,23-,27?/m1/s1. The molecule has 0 aromatic rings. The summed E-state index contributed by atoms with van der Waals surface area (Å²) in [5.74, 6) is -0.284. The molecule has 1 aliphatic carbocycles. The number of hydrogen-bond acceptors (Lipinski definition) is 4. The van der Waals surface area contributed by atoms with E-state index in [1.165, 1.54) is 6.08 Å². The van der Waals surface area contributed by atoms with Crippen molar-refractivity contribution in [3.05, 3.63) is 59.3 Å². The van der Waals surface area contributed by atoms with Crippen molar-refractivity contribution in [2.24, 2.45) is 11.8 Å². The lowest BCUT2D eigenvalue weighted by Gasteiger charge is -2.32. The van der Waals surface area contributed by atoms with Gasteiger partial charge in [-0.2, -0.15) is 0 Å². The zero-order valence-corrected chi connectivity index (χ0v) is 24.7. The lowest BCUT2D eigenvalue weighted by molar-refractivity contribution is -0.119. The van der Waals surface area contributed by atoms with Gasteiger partial charge in [-0.1, -0.05) is 66.3 Å². The summed E-state index contributed by atoms with van der Waals surface area (Å²) in [6.07, 6.45) is 8.18. The fourth-order valence-corrected chi connectivity index (χ4v) is 4.41. The largest absolute Gasteiger partial charge is 0.377 e. The number of ether oxygens (including phenoxy) is 1. The van der Waals surface area contributed by atoms with Gasteiger partial charge in [0.05, 0.1) is 6.10 Å². The van der Waals surface area contributed by atoms with Gasteiger partial charge < -0.3 is 20.7 Å². The average Bonchev–Trinajstić information content (AvgIpc) is 2.85. The number of hydrogen-bond donors (Lipinski definition) is 3. The Labute approximate surface area is 229 Å². The van der Waals surface area contributed by atoms with Crippen molar-refractivity contribution in [2.45, 2.75) is 92.3 Å². The van der Waals surface area contributed by atoms with Crippen LogP contribution in [-0.4, -0.2) is 49.6 Å². The minimum Gasteiger partial charge on any atom is -0.377 e.